The highest BCUT2D eigenvalue weighted by Crippen LogP contribution is 2.22. The Balaban J connectivity index is 2.20. The monoisotopic (exact) mass is 353 g/mol. The summed E-state index contributed by atoms with van der Waals surface area (Å²) in [5, 5.41) is 16.4. The number of hydrogen-bond acceptors (Lipinski definition) is 5. The molecule has 1 aliphatic heterocycles. The summed E-state index contributed by atoms with van der Waals surface area (Å²) in [7, 11) is 0. The lowest BCUT2D eigenvalue weighted by atomic mass is 9.99. The number of hydrogen-bond donors (Lipinski definition) is 3. The molecule has 1 aromatic carbocycles. The molecule has 1 aliphatic rings. The lowest BCUT2D eigenvalue weighted by Crippen LogP contribution is -2.44. The fourth-order valence-electron chi connectivity index (χ4n) is 2.20. The van der Waals surface area contributed by atoms with Crippen LogP contribution in [0.5, 0.6) is 5.75 Å². The minimum atomic E-state index is -0.880. The molecule has 0 saturated carbocycles. The topological polar surface area (TPSA) is 65.9 Å². The molecule has 0 aromatic heterocycles. The molecule has 0 aliphatic carbocycles. The van der Waals surface area contributed by atoms with Gasteiger partial charge in [-0.25, -0.2) is 4.99 Å². The van der Waals surface area contributed by atoms with E-state index in [2.05, 4.69) is 28.8 Å². The summed E-state index contributed by atoms with van der Waals surface area (Å²) in [6.07, 6.45) is 3.59. The van der Waals surface area contributed by atoms with E-state index in [4.69, 9.17) is 4.74 Å². The van der Waals surface area contributed by atoms with E-state index in [1.54, 1.807) is 26.1 Å². The summed E-state index contributed by atoms with van der Waals surface area (Å²) >= 11 is 0. The third-order valence-electron chi connectivity index (χ3n) is 4.14. The minimum absolute atomic E-state index is 0.187. The maximum Gasteiger partial charge on any atom is 0.215 e. The van der Waals surface area contributed by atoms with E-state index in [0.717, 1.165) is 5.57 Å². The molecule has 1 aromatic rings. The normalized spacial score (nSPS) is 17.6. The van der Waals surface area contributed by atoms with Crippen molar-refractivity contribution < 1.29 is 9.84 Å². The zero-order valence-corrected chi connectivity index (χ0v) is 15.8. The van der Waals surface area contributed by atoms with E-state index in [1.807, 2.05) is 44.2 Å². The molecule has 2 rings (SSSR count). The first kappa shape index (κ1) is 19.5. The molecule has 26 heavy (non-hydrogen) atoms. The summed E-state index contributed by atoms with van der Waals surface area (Å²) < 4.78 is 5.82. The van der Waals surface area contributed by atoms with Gasteiger partial charge in [0.2, 0.25) is 5.88 Å². The number of allylic oxidation sites excluding steroid dienone is 3. The van der Waals surface area contributed by atoms with Gasteiger partial charge in [-0.3, -0.25) is 0 Å². The summed E-state index contributed by atoms with van der Waals surface area (Å²) in [5.74, 6) is 1.17. The average Bonchev–Trinajstić information content (AvgIpc) is 2.95. The van der Waals surface area contributed by atoms with E-state index in [1.165, 1.54) is 0 Å². The number of para-hydroxylation sites is 1. The van der Waals surface area contributed by atoms with Crippen LogP contribution in [-0.4, -0.2) is 22.5 Å². The van der Waals surface area contributed by atoms with Crippen molar-refractivity contribution in [2.24, 2.45) is 4.99 Å². The second-order valence-corrected chi connectivity index (χ2v) is 6.68. The lowest BCUT2D eigenvalue weighted by molar-refractivity contribution is 0.0483. The second-order valence-electron chi connectivity index (χ2n) is 6.68. The summed E-state index contributed by atoms with van der Waals surface area (Å²) in [5.41, 5.74) is 1.86. The van der Waals surface area contributed by atoms with Gasteiger partial charge in [0, 0.05) is 17.5 Å². The molecule has 5 heteroatoms. The van der Waals surface area contributed by atoms with Crippen LogP contribution in [0, 0.1) is 0 Å². The smallest absolute Gasteiger partial charge is 0.215 e. The van der Waals surface area contributed by atoms with Gasteiger partial charge in [-0.2, -0.15) is 0 Å². The average molecular weight is 353 g/mol. The number of rotatable bonds is 7. The van der Waals surface area contributed by atoms with Gasteiger partial charge in [-0.15, -0.1) is 0 Å². The van der Waals surface area contributed by atoms with E-state index < -0.39 is 5.60 Å². The van der Waals surface area contributed by atoms with Gasteiger partial charge in [0.15, 0.2) is 0 Å². The molecule has 0 radical (unpaired) electrons. The van der Waals surface area contributed by atoms with E-state index in [0.29, 0.717) is 28.7 Å². The van der Waals surface area contributed by atoms with Crippen LogP contribution < -0.4 is 15.4 Å². The summed E-state index contributed by atoms with van der Waals surface area (Å²) in [6.45, 7) is 15.3. The molecule has 1 heterocycles. The Kier molecular flexibility index (Phi) is 6.05. The molecule has 3 N–H and O–H groups in total. The highest BCUT2D eigenvalue weighted by atomic mass is 16.5. The van der Waals surface area contributed by atoms with Crippen LogP contribution >= 0.6 is 0 Å². The largest absolute Gasteiger partial charge is 0.439 e. The Hall–Kier alpha value is -2.79. The molecule has 1 atom stereocenters. The Morgan fingerprint density at radius 1 is 1.35 bits per heavy atom. The molecule has 0 unspecified atom stereocenters. The highest BCUT2D eigenvalue weighted by Gasteiger charge is 2.26. The van der Waals surface area contributed by atoms with E-state index >= 15 is 0 Å². The van der Waals surface area contributed by atoms with Crippen molar-refractivity contribution in [3.63, 3.8) is 0 Å². The van der Waals surface area contributed by atoms with Crippen molar-refractivity contribution >= 4 is 5.71 Å². The molecule has 0 amide bonds. The zero-order valence-electron chi connectivity index (χ0n) is 15.8. The zero-order chi connectivity index (χ0) is 19.3. The SMILES string of the molecule is C=C(N[C@H](C)C(C)(C)O)C1=CNC(=C)/C1=N\C(=C/C)Oc1ccccc1. The van der Waals surface area contributed by atoms with Crippen LogP contribution in [0.15, 0.2) is 83.6 Å². The Morgan fingerprint density at radius 3 is 2.58 bits per heavy atom. The first-order valence-electron chi connectivity index (χ1n) is 8.54. The minimum Gasteiger partial charge on any atom is -0.439 e. The molecule has 0 bridgehead atoms. The Bertz CT molecular complexity index is 768. The molecular formula is C21H27N3O2. The van der Waals surface area contributed by atoms with Crippen LogP contribution in [-0.2, 0) is 0 Å². The van der Waals surface area contributed by atoms with Crippen molar-refractivity contribution in [3.8, 4) is 5.75 Å². The summed E-state index contributed by atoms with van der Waals surface area (Å²) in [6, 6.07) is 9.29. The van der Waals surface area contributed by atoms with Crippen molar-refractivity contribution in [2.75, 3.05) is 0 Å². The van der Waals surface area contributed by atoms with E-state index in [9.17, 15) is 5.11 Å². The van der Waals surface area contributed by atoms with Crippen LogP contribution in [0.4, 0.5) is 0 Å². The molecular weight excluding hydrogens is 326 g/mol. The van der Waals surface area contributed by atoms with E-state index in [-0.39, 0.29) is 6.04 Å². The second kappa shape index (κ2) is 8.06. The van der Waals surface area contributed by atoms with Gasteiger partial charge in [0.25, 0.3) is 0 Å². The van der Waals surface area contributed by atoms with Gasteiger partial charge in [0.05, 0.1) is 17.3 Å². The van der Waals surface area contributed by atoms with Gasteiger partial charge < -0.3 is 20.5 Å². The number of benzene rings is 1. The van der Waals surface area contributed by atoms with Crippen molar-refractivity contribution in [2.45, 2.75) is 39.3 Å². The Labute approximate surface area is 155 Å². The Morgan fingerprint density at radius 2 is 2.00 bits per heavy atom. The molecule has 138 valence electrons. The quantitative estimate of drug-likeness (QED) is 0.655. The van der Waals surface area contributed by atoms with Crippen molar-refractivity contribution in [1.82, 2.24) is 10.6 Å². The number of nitrogens with zero attached hydrogens (tertiary/aromatic N) is 1. The standard InChI is InChI=1S/C21H27N3O2/c1-7-19(26-17-11-9-8-10-12-17)24-20-15(3)22-13-18(20)14(2)23-16(4)21(5,6)25/h7-13,16,22-23,25H,2-3H2,1,4-6H3/b19-7+,24-20+/t16-/m1/s1. The first-order valence-corrected chi connectivity index (χ1v) is 8.54. The summed E-state index contributed by atoms with van der Waals surface area (Å²) in [4.78, 5) is 4.60. The van der Waals surface area contributed by atoms with Crippen LogP contribution in [0.2, 0.25) is 0 Å². The fourth-order valence-corrected chi connectivity index (χ4v) is 2.20. The predicted molar refractivity (Wildman–Crippen MR) is 107 cm³/mol. The van der Waals surface area contributed by atoms with Crippen LogP contribution in [0.25, 0.3) is 0 Å². The number of nitrogens with one attached hydrogen (secondary N) is 2. The third kappa shape index (κ3) is 4.86. The molecule has 0 fully saturated rings. The van der Waals surface area contributed by atoms with Crippen molar-refractivity contribution in [1.29, 1.82) is 0 Å². The van der Waals surface area contributed by atoms with Gasteiger partial charge >= 0.3 is 0 Å². The van der Waals surface area contributed by atoms with Gasteiger partial charge in [-0.1, -0.05) is 31.4 Å². The predicted octanol–water partition coefficient (Wildman–Crippen LogP) is 3.63. The van der Waals surface area contributed by atoms with Crippen molar-refractivity contribution in [3.05, 3.63) is 78.6 Å². The lowest BCUT2D eigenvalue weighted by Gasteiger charge is -2.28. The van der Waals surface area contributed by atoms with Crippen LogP contribution in [0.3, 0.4) is 0 Å². The maximum absolute atomic E-state index is 10.1. The van der Waals surface area contributed by atoms with Gasteiger partial charge in [0.1, 0.15) is 11.5 Å². The molecule has 0 spiro atoms. The molecule has 0 saturated heterocycles. The first-order chi connectivity index (χ1) is 12.2. The number of aliphatic imine (C=N–C) groups is 1. The highest BCUT2D eigenvalue weighted by molar-refractivity contribution is 6.16. The maximum atomic E-state index is 10.1. The fraction of sp³-hybridized carbons (Fsp3) is 0.286. The van der Waals surface area contributed by atoms with Crippen LogP contribution in [0.1, 0.15) is 27.7 Å². The number of aliphatic hydroxyl groups is 1. The van der Waals surface area contributed by atoms with Gasteiger partial charge in [-0.05, 0) is 45.9 Å². The third-order valence-corrected chi connectivity index (χ3v) is 4.14. The number of ether oxygens (including phenoxy) is 1. The molecule has 5 nitrogen and oxygen atoms in total.